The maximum absolute atomic E-state index is 14.5. The van der Waals surface area contributed by atoms with Crippen LogP contribution >= 0.6 is 0 Å². The zero-order valence-electron chi connectivity index (χ0n) is 30.6. The Bertz CT molecular complexity index is 1600. The number of rotatable bonds is 4. The third-order valence-corrected chi connectivity index (χ3v) is 15.3. The van der Waals surface area contributed by atoms with E-state index >= 15 is 0 Å². The molecule has 0 bridgehead atoms. The van der Waals surface area contributed by atoms with Crippen LogP contribution in [0.1, 0.15) is 118 Å². The third-order valence-electron chi connectivity index (χ3n) is 15.3. The predicted octanol–water partition coefficient (Wildman–Crippen LogP) is 8.85. The molecule has 0 radical (unpaired) electrons. The predicted molar refractivity (Wildman–Crippen MR) is 191 cm³/mol. The Morgan fingerprint density at radius 3 is 2.33 bits per heavy atom. The summed E-state index contributed by atoms with van der Waals surface area (Å²) in [5, 5.41) is 22.4. The molecule has 1 aromatic heterocycles. The van der Waals surface area contributed by atoms with Gasteiger partial charge in [0.2, 0.25) is 5.91 Å². The first kappa shape index (κ1) is 35.6. The van der Waals surface area contributed by atoms with Crippen molar-refractivity contribution in [1.82, 2.24) is 10.5 Å². The van der Waals surface area contributed by atoms with Crippen molar-refractivity contribution in [3.63, 3.8) is 0 Å². The molecule has 0 spiro atoms. The molecule has 0 saturated heterocycles. The van der Waals surface area contributed by atoms with E-state index in [2.05, 4.69) is 65.0 Å². The van der Waals surface area contributed by atoms with Gasteiger partial charge in [0.15, 0.2) is 5.76 Å². The normalized spacial score (nSPS) is 38.6. The number of amides is 1. The van der Waals surface area contributed by atoms with E-state index in [1.165, 1.54) is 19.3 Å². The number of hydrogen-bond donors (Lipinski definition) is 2. The van der Waals surface area contributed by atoms with Gasteiger partial charge in [-0.05, 0) is 109 Å². The van der Waals surface area contributed by atoms with Crippen molar-refractivity contribution >= 4 is 5.91 Å². The van der Waals surface area contributed by atoms with E-state index < -0.39 is 5.09 Å². The molecule has 4 fully saturated rings. The van der Waals surface area contributed by atoms with E-state index in [4.69, 9.17) is 25.6 Å². The van der Waals surface area contributed by atoms with Gasteiger partial charge >= 0.3 is 0 Å². The van der Waals surface area contributed by atoms with Crippen molar-refractivity contribution in [1.29, 1.82) is 0 Å². The molecule has 268 valence electrons. The van der Waals surface area contributed by atoms with Gasteiger partial charge in [0, 0.05) is 17.7 Å². The highest BCUT2D eigenvalue weighted by Crippen LogP contribution is 2.75. The van der Waals surface area contributed by atoms with Gasteiger partial charge in [0.25, 0.3) is 0 Å². The van der Waals surface area contributed by atoms with E-state index in [0.29, 0.717) is 35.6 Å². The zero-order valence-corrected chi connectivity index (χ0v) is 30.6. The second-order valence-corrected chi connectivity index (χ2v) is 18.3. The molecule has 2 unspecified atom stereocenters. The summed E-state index contributed by atoms with van der Waals surface area (Å²) >= 11 is 0. The molecule has 1 aromatic carbocycles. The summed E-state index contributed by atoms with van der Waals surface area (Å²) in [6.45, 7) is 18.0. The Kier molecular flexibility index (Phi) is 8.90. The molecule has 8 atom stereocenters. The maximum atomic E-state index is 14.5. The largest absolute Gasteiger partial charge is 0.359 e. The van der Waals surface area contributed by atoms with Crippen molar-refractivity contribution in [3.05, 3.63) is 69.1 Å². The number of nitrogens with two attached hydrogens (primary N) is 1. The van der Waals surface area contributed by atoms with E-state index in [-0.39, 0.29) is 38.9 Å². The second-order valence-electron chi connectivity index (χ2n) is 18.3. The zero-order chi connectivity index (χ0) is 35.6. The monoisotopic (exact) mass is 673 g/mol. The van der Waals surface area contributed by atoms with Gasteiger partial charge in [0.1, 0.15) is 5.69 Å². The van der Waals surface area contributed by atoms with Crippen LogP contribution in [0.2, 0.25) is 0 Å². The molecule has 7 rings (SSSR count). The standard InChI is InChI=1S/C40H57N3O2.NO3/c1-35(2)19-21-40(34(44)42-25-27-23-30(43-45-27)26-11-9-8-10-12-26)22-20-38(6)28(29(40)24-35)13-14-32-37(5)17-16-33(41)36(3,4)31(37)15-18-39(32,38)7;2-1(3)4/h8-13,23,29,31-33H,14-22,24-25,41H2,1-7H3,(H,42,44);/q;-1/t29-,31?,32?,33-,37-,38+,39+,40-;/m0./s1. The number of aromatic nitrogens is 1. The molecule has 5 aliphatic carbocycles. The molecule has 49 heavy (non-hydrogen) atoms. The van der Waals surface area contributed by atoms with E-state index in [1.54, 1.807) is 5.57 Å². The summed E-state index contributed by atoms with van der Waals surface area (Å²) in [7, 11) is 0. The highest BCUT2D eigenvalue weighted by atomic mass is 16.9. The number of carbonyl (C=O) groups excluding carboxylic acids is 1. The molecule has 1 heterocycles. The Hall–Kier alpha value is -3.20. The van der Waals surface area contributed by atoms with Crippen LogP contribution < -0.4 is 11.1 Å². The summed E-state index contributed by atoms with van der Waals surface area (Å²) in [6.07, 6.45) is 14.0. The minimum Gasteiger partial charge on any atom is -0.359 e. The van der Waals surface area contributed by atoms with Crippen LogP contribution in [-0.4, -0.2) is 22.2 Å². The Morgan fingerprint density at radius 2 is 1.63 bits per heavy atom. The highest BCUT2D eigenvalue weighted by Gasteiger charge is 2.69. The number of allylic oxidation sites excluding steroid dienone is 2. The highest BCUT2D eigenvalue weighted by molar-refractivity contribution is 5.84. The topological polar surface area (TPSA) is 147 Å². The molecule has 3 N–H and O–H groups in total. The van der Waals surface area contributed by atoms with Crippen LogP contribution in [0, 0.1) is 65.6 Å². The van der Waals surface area contributed by atoms with Crippen molar-refractivity contribution in [3.8, 4) is 11.3 Å². The minimum atomic E-state index is -1.75. The van der Waals surface area contributed by atoms with Crippen LogP contribution in [0.4, 0.5) is 0 Å². The van der Waals surface area contributed by atoms with Crippen LogP contribution in [-0.2, 0) is 11.3 Å². The first-order chi connectivity index (χ1) is 22.9. The fourth-order valence-electron chi connectivity index (χ4n) is 12.2. The Labute approximate surface area is 292 Å². The van der Waals surface area contributed by atoms with Crippen LogP contribution in [0.3, 0.4) is 0 Å². The molecule has 0 aliphatic heterocycles. The van der Waals surface area contributed by atoms with Crippen molar-refractivity contribution in [2.75, 3.05) is 0 Å². The van der Waals surface area contributed by atoms with Gasteiger partial charge in [0.05, 0.1) is 17.0 Å². The maximum Gasteiger partial charge on any atom is 0.227 e. The van der Waals surface area contributed by atoms with Gasteiger partial charge in [-0.2, -0.15) is 0 Å². The van der Waals surface area contributed by atoms with E-state index in [0.717, 1.165) is 56.2 Å². The fourth-order valence-corrected chi connectivity index (χ4v) is 12.2. The molecule has 5 aliphatic rings. The van der Waals surface area contributed by atoms with Crippen molar-refractivity contribution < 1.29 is 14.4 Å². The van der Waals surface area contributed by atoms with Crippen molar-refractivity contribution in [2.45, 2.75) is 125 Å². The molecule has 1 amide bonds. The SMILES string of the molecule is CC1(C)CC[C@]2(C(=O)NCc3cc(-c4ccccc4)no3)CC[C@]3(C)C(=CCC4[C@@]5(C)CC[C@H](N)C(C)(C)C5CC[C@]43C)[C@@H]2C1.O=[N+]([O-])[O-]. The Morgan fingerprint density at radius 1 is 0.959 bits per heavy atom. The molecular formula is C40H57N4O5-. The molecular weight excluding hydrogens is 616 g/mol. The summed E-state index contributed by atoms with van der Waals surface area (Å²) in [6, 6.07) is 12.3. The number of benzene rings is 1. The molecule has 4 saturated carbocycles. The van der Waals surface area contributed by atoms with E-state index in [9.17, 15) is 4.79 Å². The summed E-state index contributed by atoms with van der Waals surface area (Å²) in [4.78, 5) is 22.7. The van der Waals surface area contributed by atoms with Crippen LogP contribution in [0.25, 0.3) is 11.3 Å². The lowest BCUT2D eigenvalue weighted by Crippen LogP contribution is -2.66. The minimum absolute atomic E-state index is 0.116. The fraction of sp³-hybridized carbons (Fsp3) is 0.700. The van der Waals surface area contributed by atoms with Crippen LogP contribution in [0.15, 0.2) is 52.6 Å². The smallest absolute Gasteiger partial charge is 0.227 e. The quantitative estimate of drug-likeness (QED) is 0.187. The van der Waals surface area contributed by atoms with Gasteiger partial charge in [-0.25, -0.2) is 0 Å². The summed E-state index contributed by atoms with van der Waals surface area (Å²) < 4.78 is 5.69. The third kappa shape index (κ3) is 5.72. The average Bonchev–Trinajstić information content (AvgIpc) is 3.51. The van der Waals surface area contributed by atoms with Gasteiger partial charge in [-0.15, -0.1) is 0 Å². The molecule has 9 heteroatoms. The van der Waals surface area contributed by atoms with Crippen LogP contribution in [0.5, 0.6) is 0 Å². The van der Waals surface area contributed by atoms with Crippen molar-refractivity contribution in [2.24, 2.45) is 56.0 Å². The second kappa shape index (κ2) is 12.2. The number of fused-ring (bicyclic) bond motifs is 7. The van der Waals surface area contributed by atoms with Gasteiger partial charge < -0.3 is 30.9 Å². The number of carbonyl (C=O) groups is 1. The van der Waals surface area contributed by atoms with Gasteiger partial charge in [-0.1, -0.05) is 95.6 Å². The van der Waals surface area contributed by atoms with Gasteiger partial charge in [-0.3, -0.25) is 4.79 Å². The first-order valence-corrected chi connectivity index (χ1v) is 18.5. The average molecular weight is 674 g/mol. The summed E-state index contributed by atoms with van der Waals surface area (Å²) in [5.74, 6) is 2.54. The van der Waals surface area contributed by atoms with E-state index in [1.807, 2.05) is 36.4 Å². The first-order valence-electron chi connectivity index (χ1n) is 18.5. The molecule has 2 aromatic rings. The number of nitrogens with one attached hydrogen (secondary N) is 1. The lowest BCUT2D eigenvalue weighted by atomic mass is 9.33. The lowest BCUT2D eigenvalue weighted by Gasteiger charge is -2.71. The molecule has 9 nitrogen and oxygen atoms in total. The lowest BCUT2D eigenvalue weighted by molar-refractivity contribution is -0.402. The number of nitrogens with zero attached hydrogens (tertiary/aromatic N) is 2. The summed E-state index contributed by atoms with van der Waals surface area (Å²) in [5.41, 5.74) is 11.0. The number of hydrogen-bond acceptors (Lipinski definition) is 7. The Balaban J connectivity index is 0.000000989.